The lowest BCUT2D eigenvalue weighted by Gasteiger charge is -2.28. The number of ether oxygens (including phenoxy) is 1. The highest BCUT2D eigenvalue weighted by atomic mass is 32.2. The molecule has 3 heteroatoms. The molecule has 0 spiro atoms. The van der Waals surface area contributed by atoms with Crippen molar-refractivity contribution in [2.45, 2.75) is 45.5 Å². The molecule has 12 heavy (non-hydrogen) atoms. The van der Waals surface area contributed by atoms with Gasteiger partial charge in [-0.2, -0.15) is 0 Å². The summed E-state index contributed by atoms with van der Waals surface area (Å²) in [5, 5.41) is 0.235. The third kappa shape index (κ3) is 1.94. The first-order valence-corrected chi connectivity index (χ1v) is 5.20. The molecule has 0 aliphatic carbocycles. The van der Waals surface area contributed by atoms with Crippen LogP contribution < -0.4 is 0 Å². The average Bonchev–Trinajstić information content (AvgIpc) is 2.29. The predicted molar refractivity (Wildman–Crippen MR) is 51.4 cm³/mol. The highest BCUT2D eigenvalue weighted by molar-refractivity contribution is 8.14. The normalized spacial score (nSPS) is 30.5. The number of cyclic esters (lactones) is 1. The van der Waals surface area contributed by atoms with E-state index in [4.69, 9.17) is 4.74 Å². The Morgan fingerprint density at radius 2 is 2.08 bits per heavy atom. The maximum absolute atomic E-state index is 11.0. The van der Waals surface area contributed by atoms with Gasteiger partial charge in [0.05, 0.1) is 5.25 Å². The van der Waals surface area contributed by atoms with Crippen molar-refractivity contribution in [2.24, 2.45) is 5.41 Å². The lowest BCUT2D eigenvalue weighted by Crippen LogP contribution is -2.33. The maximum atomic E-state index is 11.0. The lowest BCUT2D eigenvalue weighted by atomic mass is 9.86. The molecule has 0 aromatic carbocycles. The molecule has 70 valence electrons. The van der Waals surface area contributed by atoms with Crippen LogP contribution in [0.2, 0.25) is 0 Å². The van der Waals surface area contributed by atoms with Crippen LogP contribution in [0, 0.1) is 5.41 Å². The van der Waals surface area contributed by atoms with Crippen LogP contribution in [0.1, 0.15) is 34.1 Å². The van der Waals surface area contributed by atoms with Gasteiger partial charge in [-0.25, -0.2) is 4.79 Å². The van der Waals surface area contributed by atoms with Crippen LogP contribution in [0.15, 0.2) is 0 Å². The molecule has 2 atom stereocenters. The van der Waals surface area contributed by atoms with Crippen LogP contribution in [0.5, 0.6) is 0 Å². The third-order valence-corrected chi connectivity index (χ3v) is 3.24. The summed E-state index contributed by atoms with van der Waals surface area (Å²) in [4.78, 5) is 11.0. The molecule has 0 bridgehead atoms. The standard InChI is InChI=1S/C9H16O2S/c1-5-6-7(9(2,3)4)11-8(10)12-6/h6-7H,5H2,1-4H3. The van der Waals surface area contributed by atoms with Crippen molar-refractivity contribution in [3.05, 3.63) is 0 Å². The van der Waals surface area contributed by atoms with E-state index in [1.165, 1.54) is 11.8 Å². The van der Waals surface area contributed by atoms with Gasteiger partial charge in [-0.15, -0.1) is 0 Å². The summed E-state index contributed by atoms with van der Waals surface area (Å²) in [5.74, 6) is 0. The molecular formula is C9H16O2S. The molecule has 1 saturated heterocycles. The Balaban J connectivity index is 2.70. The SMILES string of the molecule is CCC1SC(=O)OC1C(C)(C)C. The second-order valence-electron chi connectivity index (χ2n) is 4.22. The van der Waals surface area contributed by atoms with Crippen molar-refractivity contribution in [2.75, 3.05) is 0 Å². The summed E-state index contributed by atoms with van der Waals surface area (Å²) in [7, 11) is 0. The molecule has 0 saturated carbocycles. The number of rotatable bonds is 1. The van der Waals surface area contributed by atoms with Crippen molar-refractivity contribution in [3.63, 3.8) is 0 Å². The van der Waals surface area contributed by atoms with Gasteiger partial charge in [-0.05, 0) is 18.2 Å². The largest absolute Gasteiger partial charge is 0.453 e. The topological polar surface area (TPSA) is 26.3 Å². The van der Waals surface area contributed by atoms with Crippen LogP contribution >= 0.6 is 11.8 Å². The van der Waals surface area contributed by atoms with Gasteiger partial charge in [-0.3, -0.25) is 0 Å². The molecule has 1 aliphatic heterocycles. The summed E-state index contributed by atoms with van der Waals surface area (Å²) in [6.45, 7) is 8.43. The van der Waals surface area contributed by atoms with Gasteiger partial charge in [0.2, 0.25) is 0 Å². The number of hydrogen-bond acceptors (Lipinski definition) is 3. The monoisotopic (exact) mass is 188 g/mol. The summed E-state index contributed by atoms with van der Waals surface area (Å²) >= 11 is 1.34. The second kappa shape index (κ2) is 3.29. The van der Waals surface area contributed by atoms with Crippen molar-refractivity contribution in [1.82, 2.24) is 0 Å². The minimum atomic E-state index is -0.109. The van der Waals surface area contributed by atoms with E-state index in [-0.39, 0.29) is 16.8 Å². The average molecular weight is 188 g/mol. The fraction of sp³-hybridized carbons (Fsp3) is 0.889. The van der Waals surface area contributed by atoms with Crippen LogP contribution in [0.3, 0.4) is 0 Å². The van der Waals surface area contributed by atoms with Crippen LogP contribution in [-0.4, -0.2) is 16.7 Å². The number of thioether (sulfide) groups is 1. The first-order chi connectivity index (χ1) is 5.45. The third-order valence-electron chi connectivity index (χ3n) is 2.06. The molecule has 1 rings (SSSR count). The Bertz CT molecular complexity index is 183. The van der Waals surface area contributed by atoms with Crippen molar-refractivity contribution in [1.29, 1.82) is 0 Å². The van der Waals surface area contributed by atoms with E-state index in [2.05, 4.69) is 27.7 Å². The number of carbonyl (C=O) groups excluding carboxylic acids is 1. The van der Waals surface area contributed by atoms with Crippen molar-refractivity contribution in [3.8, 4) is 0 Å². The summed E-state index contributed by atoms with van der Waals surface area (Å²) in [6, 6.07) is 0. The van der Waals surface area contributed by atoms with Crippen LogP contribution in [-0.2, 0) is 4.74 Å². The molecule has 0 N–H and O–H groups in total. The van der Waals surface area contributed by atoms with E-state index in [1.807, 2.05) is 0 Å². The summed E-state index contributed by atoms with van der Waals surface area (Å²) < 4.78 is 5.25. The van der Waals surface area contributed by atoms with Crippen LogP contribution in [0.4, 0.5) is 4.79 Å². The zero-order valence-electron chi connectivity index (χ0n) is 8.09. The maximum Gasteiger partial charge on any atom is 0.368 e. The van der Waals surface area contributed by atoms with Gasteiger partial charge < -0.3 is 4.74 Å². The highest BCUT2D eigenvalue weighted by Crippen LogP contribution is 2.39. The zero-order valence-corrected chi connectivity index (χ0v) is 8.90. The van der Waals surface area contributed by atoms with E-state index in [1.54, 1.807) is 0 Å². The minimum absolute atomic E-state index is 0.0693. The van der Waals surface area contributed by atoms with Gasteiger partial charge in [0.15, 0.2) is 0 Å². The summed E-state index contributed by atoms with van der Waals surface area (Å²) in [6.07, 6.45) is 1.08. The summed E-state index contributed by atoms with van der Waals surface area (Å²) in [5.41, 5.74) is 0.0693. The van der Waals surface area contributed by atoms with Gasteiger partial charge >= 0.3 is 5.30 Å². The predicted octanol–water partition coefficient (Wildman–Crippen LogP) is 3.06. The molecule has 2 unspecified atom stereocenters. The smallest absolute Gasteiger partial charge is 0.368 e. The Morgan fingerprint density at radius 3 is 2.42 bits per heavy atom. The molecule has 1 aliphatic rings. The zero-order chi connectivity index (χ0) is 9.35. The first kappa shape index (κ1) is 9.90. The Labute approximate surface area is 78.1 Å². The quantitative estimate of drug-likeness (QED) is 0.591. The van der Waals surface area contributed by atoms with E-state index in [9.17, 15) is 4.79 Å². The molecular weight excluding hydrogens is 172 g/mol. The van der Waals surface area contributed by atoms with Gasteiger partial charge in [0.25, 0.3) is 0 Å². The minimum Gasteiger partial charge on any atom is -0.453 e. The molecule has 1 heterocycles. The fourth-order valence-corrected chi connectivity index (χ4v) is 2.59. The Hall–Kier alpha value is -0.180. The van der Waals surface area contributed by atoms with Gasteiger partial charge in [-0.1, -0.05) is 27.7 Å². The first-order valence-electron chi connectivity index (χ1n) is 4.32. The van der Waals surface area contributed by atoms with Gasteiger partial charge in [0.1, 0.15) is 6.10 Å². The van der Waals surface area contributed by atoms with Gasteiger partial charge in [0, 0.05) is 5.41 Å². The molecule has 0 amide bonds. The van der Waals surface area contributed by atoms with E-state index in [0.29, 0.717) is 5.25 Å². The van der Waals surface area contributed by atoms with E-state index in [0.717, 1.165) is 6.42 Å². The number of carbonyl (C=O) groups is 1. The Kier molecular flexibility index (Phi) is 2.71. The van der Waals surface area contributed by atoms with Crippen molar-refractivity contribution < 1.29 is 9.53 Å². The van der Waals surface area contributed by atoms with E-state index >= 15 is 0 Å². The Morgan fingerprint density at radius 1 is 1.50 bits per heavy atom. The van der Waals surface area contributed by atoms with E-state index < -0.39 is 0 Å². The lowest BCUT2D eigenvalue weighted by molar-refractivity contribution is 0.0559. The molecule has 0 aromatic rings. The fourth-order valence-electron chi connectivity index (χ4n) is 1.42. The molecule has 2 nitrogen and oxygen atoms in total. The molecule has 0 aromatic heterocycles. The highest BCUT2D eigenvalue weighted by Gasteiger charge is 2.41. The van der Waals surface area contributed by atoms with Crippen molar-refractivity contribution >= 4 is 17.1 Å². The molecule has 1 fully saturated rings. The number of hydrogen-bond donors (Lipinski definition) is 0. The molecule has 0 radical (unpaired) electrons. The van der Waals surface area contributed by atoms with Crippen LogP contribution in [0.25, 0.3) is 0 Å². The second-order valence-corrected chi connectivity index (χ2v) is 5.39.